The lowest BCUT2D eigenvalue weighted by atomic mass is 10.0. The summed E-state index contributed by atoms with van der Waals surface area (Å²) in [6, 6.07) is 17.2. The summed E-state index contributed by atoms with van der Waals surface area (Å²) in [7, 11) is 0. The molecule has 8 heteroatoms. The molecule has 0 bridgehead atoms. The van der Waals surface area contributed by atoms with E-state index in [1.165, 1.54) is 10.4 Å². The first-order valence-electron chi connectivity index (χ1n) is 13.3. The number of nitrogens with one attached hydrogen (secondary N) is 1. The van der Waals surface area contributed by atoms with Gasteiger partial charge in [-0.05, 0) is 74.4 Å². The second-order valence-electron chi connectivity index (χ2n) is 10.1. The molecule has 2 atom stereocenters. The molecule has 5 rings (SSSR count). The summed E-state index contributed by atoms with van der Waals surface area (Å²) in [5, 5.41) is 5.04. The second-order valence-corrected chi connectivity index (χ2v) is 11.1. The quantitative estimate of drug-likeness (QED) is 0.410. The van der Waals surface area contributed by atoms with Crippen molar-refractivity contribution in [3.8, 4) is 5.75 Å². The standard InChI is InChI=1S/C30H35N3O4S/c1-21-5-9-23(10-6-21)31-30(35)32(18-25-4-3-16-36-25)19-29(34)33-15-13-28-26(14-17-38-28)27(33)20-37-24-11-7-22(2)8-12-24/h5-12,14,17,25,27H,3-4,13,15-16,18-20H2,1-2H3,(H,31,35)/t25-,27+/m1/s1. The van der Waals surface area contributed by atoms with Crippen molar-refractivity contribution in [2.75, 3.05) is 38.2 Å². The zero-order chi connectivity index (χ0) is 26.5. The number of rotatable bonds is 8. The summed E-state index contributed by atoms with van der Waals surface area (Å²) >= 11 is 1.72. The van der Waals surface area contributed by atoms with Gasteiger partial charge in [-0.25, -0.2) is 4.79 Å². The number of amides is 3. The van der Waals surface area contributed by atoms with Gasteiger partial charge in [0, 0.05) is 30.3 Å². The van der Waals surface area contributed by atoms with Crippen molar-refractivity contribution in [3.05, 3.63) is 81.5 Å². The minimum Gasteiger partial charge on any atom is -0.491 e. The molecule has 0 radical (unpaired) electrons. The Hall–Kier alpha value is -3.36. The smallest absolute Gasteiger partial charge is 0.322 e. The van der Waals surface area contributed by atoms with Gasteiger partial charge in [-0.15, -0.1) is 11.3 Å². The number of aryl methyl sites for hydroxylation is 2. The highest BCUT2D eigenvalue weighted by molar-refractivity contribution is 7.10. The SMILES string of the molecule is Cc1ccc(NC(=O)N(CC(=O)N2CCc3sccc3[C@@H]2COc2ccc(C)cc2)C[C@H]2CCCO2)cc1. The van der Waals surface area contributed by atoms with Gasteiger partial charge >= 0.3 is 6.03 Å². The highest BCUT2D eigenvalue weighted by Crippen LogP contribution is 2.34. The van der Waals surface area contributed by atoms with E-state index in [1.54, 1.807) is 16.2 Å². The zero-order valence-electron chi connectivity index (χ0n) is 22.0. The number of ether oxygens (including phenoxy) is 2. The monoisotopic (exact) mass is 533 g/mol. The summed E-state index contributed by atoms with van der Waals surface area (Å²) in [5.41, 5.74) is 4.13. The molecule has 3 aromatic rings. The van der Waals surface area contributed by atoms with Gasteiger partial charge in [0.25, 0.3) is 0 Å². The largest absolute Gasteiger partial charge is 0.491 e. The van der Waals surface area contributed by atoms with Crippen molar-refractivity contribution < 1.29 is 19.1 Å². The fraction of sp³-hybridized carbons (Fsp3) is 0.400. The highest BCUT2D eigenvalue weighted by Gasteiger charge is 2.34. The van der Waals surface area contributed by atoms with Gasteiger partial charge in [-0.1, -0.05) is 35.4 Å². The van der Waals surface area contributed by atoms with Crippen LogP contribution >= 0.6 is 11.3 Å². The number of nitrogens with zero attached hydrogens (tertiary/aromatic N) is 2. The third-order valence-electron chi connectivity index (χ3n) is 7.21. The molecule has 0 unspecified atom stereocenters. The molecular weight excluding hydrogens is 498 g/mol. The van der Waals surface area contributed by atoms with E-state index in [1.807, 2.05) is 67.3 Å². The number of thiophene rings is 1. The lowest BCUT2D eigenvalue weighted by molar-refractivity contribution is -0.135. The number of hydrogen-bond acceptors (Lipinski definition) is 5. The fourth-order valence-corrected chi connectivity index (χ4v) is 5.96. The molecule has 3 heterocycles. The Bertz CT molecular complexity index is 1240. The number of benzene rings is 2. The maximum atomic E-state index is 13.8. The fourth-order valence-electron chi connectivity index (χ4n) is 5.03. The van der Waals surface area contributed by atoms with Crippen LogP contribution in [0.15, 0.2) is 60.0 Å². The lowest BCUT2D eigenvalue weighted by Crippen LogP contribution is -2.50. The molecule has 1 saturated heterocycles. The zero-order valence-corrected chi connectivity index (χ0v) is 22.8. The Labute approximate surface area is 228 Å². The Morgan fingerprint density at radius 2 is 1.82 bits per heavy atom. The Balaban J connectivity index is 1.31. The molecule has 2 aliphatic rings. The molecule has 2 aliphatic heterocycles. The van der Waals surface area contributed by atoms with Crippen LogP contribution in [0.25, 0.3) is 0 Å². The van der Waals surface area contributed by atoms with Crippen LogP contribution in [0.1, 0.15) is 40.5 Å². The molecule has 3 amide bonds. The summed E-state index contributed by atoms with van der Waals surface area (Å²) in [4.78, 5) is 31.9. The van der Waals surface area contributed by atoms with Crippen LogP contribution in [-0.2, 0) is 16.0 Å². The van der Waals surface area contributed by atoms with Crippen molar-refractivity contribution in [3.63, 3.8) is 0 Å². The third kappa shape index (κ3) is 6.37. The number of carbonyl (C=O) groups excluding carboxylic acids is 2. The first kappa shape index (κ1) is 26.3. The molecule has 2 aromatic carbocycles. The van der Waals surface area contributed by atoms with E-state index in [9.17, 15) is 9.59 Å². The normalized spacial score (nSPS) is 18.6. The van der Waals surface area contributed by atoms with E-state index < -0.39 is 0 Å². The molecule has 38 heavy (non-hydrogen) atoms. The van der Waals surface area contributed by atoms with Crippen LogP contribution in [0, 0.1) is 13.8 Å². The van der Waals surface area contributed by atoms with Gasteiger partial charge in [0.1, 0.15) is 18.9 Å². The van der Waals surface area contributed by atoms with Gasteiger partial charge in [-0.3, -0.25) is 4.79 Å². The van der Waals surface area contributed by atoms with Crippen molar-refractivity contribution in [1.82, 2.24) is 9.80 Å². The van der Waals surface area contributed by atoms with E-state index in [4.69, 9.17) is 9.47 Å². The van der Waals surface area contributed by atoms with Crippen LogP contribution in [0.3, 0.4) is 0 Å². The van der Waals surface area contributed by atoms with Crippen molar-refractivity contribution >= 4 is 29.0 Å². The maximum absolute atomic E-state index is 13.8. The molecular formula is C30H35N3O4S. The number of anilines is 1. The first-order valence-corrected chi connectivity index (χ1v) is 14.1. The Morgan fingerprint density at radius 1 is 1.08 bits per heavy atom. The number of fused-ring (bicyclic) bond motifs is 1. The van der Waals surface area contributed by atoms with Gasteiger partial charge < -0.3 is 24.6 Å². The summed E-state index contributed by atoms with van der Waals surface area (Å²) in [6.07, 6.45) is 2.60. The molecule has 200 valence electrons. The average molecular weight is 534 g/mol. The molecule has 0 spiro atoms. The summed E-state index contributed by atoms with van der Waals surface area (Å²) in [5.74, 6) is 0.694. The van der Waals surface area contributed by atoms with E-state index in [2.05, 4.69) is 16.8 Å². The van der Waals surface area contributed by atoms with E-state index in [0.29, 0.717) is 32.0 Å². The van der Waals surface area contributed by atoms with Crippen LogP contribution in [0.5, 0.6) is 5.75 Å². The molecule has 0 saturated carbocycles. The number of carbonyl (C=O) groups is 2. The highest BCUT2D eigenvalue weighted by atomic mass is 32.1. The van der Waals surface area contributed by atoms with Gasteiger partial charge in [0.15, 0.2) is 0 Å². The Kier molecular flexibility index (Phi) is 8.29. The van der Waals surface area contributed by atoms with Gasteiger partial charge in [0.05, 0.1) is 12.1 Å². The minimum absolute atomic E-state index is 0.0158. The second kappa shape index (κ2) is 12.0. The van der Waals surface area contributed by atoms with Crippen molar-refractivity contribution in [2.24, 2.45) is 0 Å². The number of hydrogen-bond donors (Lipinski definition) is 1. The van der Waals surface area contributed by atoms with Crippen LogP contribution in [0.2, 0.25) is 0 Å². The Morgan fingerprint density at radius 3 is 2.53 bits per heavy atom. The number of urea groups is 1. The topological polar surface area (TPSA) is 71.1 Å². The van der Waals surface area contributed by atoms with Crippen molar-refractivity contribution in [2.45, 2.75) is 45.3 Å². The molecule has 1 aromatic heterocycles. The van der Waals surface area contributed by atoms with E-state index in [0.717, 1.165) is 36.1 Å². The van der Waals surface area contributed by atoms with Crippen molar-refractivity contribution in [1.29, 1.82) is 0 Å². The summed E-state index contributed by atoms with van der Waals surface area (Å²) in [6.45, 7) is 6.06. The summed E-state index contributed by atoms with van der Waals surface area (Å²) < 4.78 is 12.0. The minimum atomic E-state index is -0.293. The molecule has 1 fully saturated rings. The average Bonchev–Trinajstić information content (AvgIpc) is 3.61. The third-order valence-corrected chi connectivity index (χ3v) is 8.20. The van der Waals surface area contributed by atoms with Crippen LogP contribution in [0.4, 0.5) is 10.5 Å². The van der Waals surface area contributed by atoms with Gasteiger partial charge in [0.2, 0.25) is 5.91 Å². The van der Waals surface area contributed by atoms with E-state index >= 15 is 0 Å². The maximum Gasteiger partial charge on any atom is 0.322 e. The van der Waals surface area contributed by atoms with Crippen LogP contribution < -0.4 is 10.1 Å². The van der Waals surface area contributed by atoms with Gasteiger partial charge in [-0.2, -0.15) is 0 Å². The molecule has 7 nitrogen and oxygen atoms in total. The predicted molar refractivity (Wildman–Crippen MR) is 150 cm³/mol. The molecule has 1 N–H and O–H groups in total. The van der Waals surface area contributed by atoms with E-state index in [-0.39, 0.29) is 30.6 Å². The first-order chi connectivity index (χ1) is 18.5. The van der Waals surface area contributed by atoms with Crippen LogP contribution in [-0.4, -0.2) is 60.7 Å². The lowest BCUT2D eigenvalue weighted by Gasteiger charge is -2.37. The molecule has 0 aliphatic carbocycles. The predicted octanol–water partition coefficient (Wildman–Crippen LogP) is 5.58.